The van der Waals surface area contributed by atoms with E-state index in [-0.39, 0.29) is 0 Å². The fraction of sp³-hybridized carbons (Fsp3) is 0.0196. The number of aryl methyl sites for hydroxylation is 1. The van der Waals surface area contributed by atoms with E-state index in [1.54, 1.807) is 0 Å². The predicted molar refractivity (Wildman–Crippen MR) is 226 cm³/mol. The number of rotatable bonds is 4. The number of para-hydroxylation sites is 1. The van der Waals surface area contributed by atoms with E-state index in [9.17, 15) is 0 Å². The molecule has 0 unspecified atom stereocenters. The van der Waals surface area contributed by atoms with Crippen LogP contribution in [0, 0.1) is 6.92 Å². The Labute approximate surface area is 311 Å². The lowest BCUT2D eigenvalue weighted by Gasteiger charge is -2.11. The average Bonchev–Trinajstić information content (AvgIpc) is 3.61. The first-order chi connectivity index (χ1) is 26.7. The SMILES string of the molecule is Cc1cccc(-c2c3ccccc3cc3c2oc2c(-c4cccc(-c5cccc(-c6cnc7c8ccccc8c8ccccc8c7n6)c5)c4)cccc23)c1. The van der Waals surface area contributed by atoms with Gasteiger partial charge in [-0.15, -0.1) is 0 Å². The number of aromatic nitrogens is 2. The van der Waals surface area contributed by atoms with Crippen LogP contribution < -0.4 is 0 Å². The molecule has 2 heterocycles. The third-order valence-electron chi connectivity index (χ3n) is 10.9. The van der Waals surface area contributed by atoms with E-state index in [1.807, 2.05) is 6.20 Å². The predicted octanol–water partition coefficient (Wildman–Crippen LogP) is 14.0. The summed E-state index contributed by atoms with van der Waals surface area (Å²) in [6.45, 7) is 2.14. The first-order valence-corrected chi connectivity index (χ1v) is 18.4. The van der Waals surface area contributed by atoms with Gasteiger partial charge in [-0.05, 0) is 68.9 Å². The molecule has 11 aromatic rings. The zero-order chi connectivity index (χ0) is 35.8. The van der Waals surface area contributed by atoms with Gasteiger partial charge >= 0.3 is 0 Å². The fourth-order valence-electron chi connectivity index (χ4n) is 8.40. The minimum atomic E-state index is 0.852. The molecule has 0 saturated heterocycles. The first kappa shape index (κ1) is 30.5. The van der Waals surface area contributed by atoms with E-state index in [0.29, 0.717) is 0 Å². The van der Waals surface area contributed by atoms with Crippen LogP contribution in [-0.4, -0.2) is 9.97 Å². The number of furan rings is 1. The molecule has 0 spiro atoms. The standard InChI is InChI=1S/C51H32N2O/c1-31-12-8-18-37(26-31)47-38-19-3-2-13-35(38)29-45-44-25-11-24-39(50(44)54-51(45)47)34-16-9-14-32(27-34)33-15-10-17-36(28-33)46-30-52-48-42-22-6-4-20-40(42)41-21-5-7-23-43(41)49(48)53-46/h2-30H,1H3. The smallest absolute Gasteiger partial charge is 0.143 e. The van der Waals surface area contributed by atoms with Crippen molar-refractivity contribution in [3.63, 3.8) is 0 Å². The van der Waals surface area contributed by atoms with Crippen molar-refractivity contribution in [2.45, 2.75) is 6.92 Å². The summed E-state index contributed by atoms with van der Waals surface area (Å²) in [6, 6.07) is 60.5. The monoisotopic (exact) mass is 688 g/mol. The summed E-state index contributed by atoms with van der Waals surface area (Å²) in [5.41, 5.74) is 13.5. The molecule has 0 aliphatic carbocycles. The van der Waals surface area contributed by atoms with Gasteiger partial charge in [-0.2, -0.15) is 0 Å². The molecule has 11 rings (SSSR count). The molecule has 0 aliphatic heterocycles. The quantitative estimate of drug-likeness (QED) is 0.173. The van der Waals surface area contributed by atoms with Gasteiger partial charge in [-0.25, -0.2) is 4.98 Å². The molecule has 0 saturated carbocycles. The summed E-state index contributed by atoms with van der Waals surface area (Å²) in [6.07, 6.45) is 1.91. The Balaban J connectivity index is 1.04. The molecule has 54 heavy (non-hydrogen) atoms. The molecule has 0 aliphatic rings. The molecule has 0 radical (unpaired) electrons. The van der Waals surface area contributed by atoms with Crippen molar-refractivity contribution >= 4 is 65.3 Å². The molecule has 0 bridgehead atoms. The van der Waals surface area contributed by atoms with Gasteiger partial charge in [-0.1, -0.05) is 157 Å². The minimum Gasteiger partial charge on any atom is -0.455 e. The Hall–Kier alpha value is -7.10. The van der Waals surface area contributed by atoms with Crippen LogP contribution in [0.1, 0.15) is 5.56 Å². The minimum absolute atomic E-state index is 0.852. The van der Waals surface area contributed by atoms with Crippen LogP contribution >= 0.6 is 0 Å². The summed E-state index contributed by atoms with van der Waals surface area (Å²) in [5.74, 6) is 0. The van der Waals surface area contributed by atoms with Crippen molar-refractivity contribution in [1.29, 1.82) is 0 Å². The van der Waals surface area contributed by atoms with E-state index < -0.39 is 0 Å². The Kier molecular flexibility index (Phi) is 6.77. The lowest BCUT2D eigenvalue weighted by molar-refractivity contribution is 0.671. The van der Waals surface area contributed by atoms with Crippen LogP contribution in [0.25, 0.3) is 110 Å². The van der Waals surface area contributed by atoms with E-state index in [0.717, 1.165) is 88.4 Å². The molecular formula is C51H32N2O. The maximum absolute atomic E-state index is 6.97. The van der Waals surface area contributed by atoms with E-state index in [1.165, 1.54) is 27.1 Å². The molecule has 3 heteroatoms. The largest absolute Gasteiger partial charge is 0.455 e. The van der Waals surface area contributed by atoms with Crippen molar-refractivity contribution in [3.8, 4) is 44.6 Å². The topological polar surface area (TPSA) is 38.9 Å². The summed E-state index contributed by atoms with van der Waals surface area (Å²) >= 11 is 0. The van der Waals surface area contributed by atoms with Crippen molar-refractivity contribution in [1.82, 2.24) is 9.97 Å². The molecule has 9 aromatic carbocycles. The highest BCUT2D eigenvalue weighted by Gasteiger charge is 2.19. The van der Waals surface area contributed by atoms with Gasteiger partial charge in [0.15, 0.2) is 0 Å². The van der Waals surface area contributed by atoms with Crippen molar-refractivity contribution in [3.05, 3.63) is 182 Å². The van der Waals surface area contributed by atoms with E-state index in [4.69, 9.17) is 14.4 Å². The zero-order valence-corrected chi connectivity index (χ0v) is 29.5. The molecular weight excluding hydrogens is 657 g/mol. The molecule has 3 nitrogen and oxygen atoms in total. The van der Waals surface area contributed by atoms with Crippen molar-refractivity contribution < 1.29 is 4.42 Å². The highest BCUT2D eigenvalue weighted by molar-refractivity contribution is 6.23. The second-order valence-electron chi connectivity index (χ2n) is 14.2. The molecule has 0 N–H and O–H groups in total. The third kappa shape index (κ3) is 4.76. The van der Waals surface area contributed by atoms with Gasteiger partial charge in [0.1, 0.15) is 11.2 Å². The third-order valence-corrected chi connectivity index (χ3v) is 10.9. The van der Waals surface area contributed by atoms with Gasteiger partial charge in [0.25, 0.3) is 0 Å². The Morgan fingerprint density at radius 2 is 1.00 bits per heavy atom. The zero-order valence-electron chi connectivity index (χ0n) is 29.5. The second kappa shape index (κ2) is 12.0. The van der Waals surface area contributed by atoms with Gasteiger partial charge in [0.05, 0.1) is 22.9 Å². The summed E-state index contributed by atoms with van der Waals surface area (Å²) in [5, 5.41) is 9.26. The maximum Gasteiger partial charge on any atom is 0.143 e. The summed E-state index contributed by atoms with van der Waals surface area (Å²) in [4.78, 5) is 10.3. The molecule has 0 amide bonds. The number of benzene rings is 9. The molecule has 0 atom stereocenters. The summed E-state index contributed by atoms with van der Waals surface area (Å²) < 4.78 is 6.97. The lowest BCUT2D eigenvalue weighted by Crippen LogP contribution is -1.92. The normalized spacial score (nSPS) is 11.8. The van der Waals surface area contributed by atoms with Crippen LogP contribution in [0.2, 0.25) is 0 Å². The van der Waals surface area contributed by atoms with Crippen LogP contribution in [-0.2, 0) is 0 Å². The highest BCUT2D eigenvalue weighted by atomic mass is 16.3. The Bertz CT molecular complexity index is 3260. The lowest BCUT2D eigenvalue weighted by atomic mass is 9.93. The van der Waals surface area contributed by atoms with Crippen LogP contribution in [0.5, 0.6) is 0 Å². The van der Waals surface area contributed by atoms with Crippen LogP contribution in [0.3, 0.4) is 0 Å². The Morgan fingerprint density at radius 1 is 0.407 bits per heavy atom. The highest BCUT2D eigenvalue weighted by Crippen LogP contribution is 2.44. The summed E-state index contributed by atoms with van der Waals surface area (Å²) in [7, 11) is 0. The Morgan fingerprint density at radius 3 is 1.78 bits per heavy atom. The van der Waals surface area contributed by atoms with Crippen LogP contribution in [0.15, 0.2) is 180 Å². The number of fused-ring (bicyclic) bond motifs is 10. The van der Waals surface area contributed by atoms with Gasteiger partial charge in [0, 0.05) is 38.2 Å². The number of hydrogen-bond acceptors (Lipinski definition) is 3. The van der Waals surface area contributed by atoms with Gasteiger partial charge in [0.2, 0.25) is 0 Å². The average molecular weight is 689 g/mol. The van der Waals surface area contributed by atoms with Gasteiger partial charge < -0.3 is 4.42 Å². The van der Waals surface area contributed by atoms with E-state index >= 15 is 0 Å². The van der Waals surface area contributed by atoms with E-state index in [2.05, 4.69) is 177 Å². The maximum atomic E-state index is 6.97. The number of nitrogens with zero attached hydrogens (tertiary/aromatic N) is 2. The van der Waals surface area contributed by atoms with Crippen molar-refractivity contribution in [2.24, 2.45) is 0 Å². The van der Waals surface area contributed by atoms with Gasteiger partial charge in [-0.3, -0.25) is 4.98 Å². The van der Waals surface area contributed by atoms with Crippen molar-refractivity contribution in [2.75, 3.05) is 0 Å². The fourth-order valence-corrected chi connectivity index (χ4v) is 8.40. The second-order valence-corrected chi connectivity index (χ2v) is 14.2. The number of hydrogen-bond donors (Lipinski definition) is 0. The first-order valence-electron chi connectivity index (χ1n) is 18.4. The van der Waals surface area contributed by atoms with Crippen LogP contribution in [0.4, 0.5) is 0 Å². The molecule has 2 aromatic heterocycles. The molecule has 0 fully saturated rings. The molecule has 252 valence electrons.